The number of rotatable bonds is 8. The molecule has 0 unspecified atom stereocenters. The molecule has 5 heteroatoms. The molecule has 0 radical (unpaired) electrons. The third kappa shape index (κ3) is 5.68. The second-order valence-corrected chi connectivity index (χ2v) is 4.03. The molecule has 0 rings (SSSR count). The van der Waals surface area contributed by atoms with Crippen molar-refractivity contribution >= 4 is 11.9 Å². The Labute approximate surface area is 103 Å². The first-order valence-electron chi connectivity index (χ1n) is 6.23. The fourth-order valence-electron chi connectivity index (χ4n) is 1.41. The van der Waals surface area contributed by atoms with E-state index in [1.54, 1.807) is 6.92 Å². The summed E-state index contributed by atoms with van der Waals surface area (Å²) >= 11 is 0. The topological polar surface area (TPSA) is 81.4 Å². The number of nitrogens with two attached hydrogens (primary N) is 1. The van der Waals surface area contributed by atoms with Crippen molar-refractivity contribution in [3.8, 4) is 0 Å². The minimum Gasteiger partial charge on any atom is -0.466 e. The summed E-state index contributed by atoms with van der Waals surface area (Å²) in [6, 6.07) is 0. The highest BCUT2D eigenvalue weighted by atomic mass is 16.5. The molecule has 0 saturated carbocycles. The van der Waals surface area contributed by atoms with Crippen molar-refractivity contribution in [3.05, 3.63) is 0 Å². The van der Waals surface area contributed by atoms with Crippen LogP contribution in [0.3, 0.4) is 0 Å². The van der Waals surface area contributed by atoms with E-state index in [2.05, 4.69) is 5.32 Å². The molecular formula is C12H24N2O3. The Morgan fingerprint density at radius 1 is 1.24 bits per heavy atom. The molecule has 0 aromatic carbocycles. The highest BCUT2D eigenvalue weighted by molar-refractivity contribution is 5.85. The van der Waals surface area contributed by atoms with Gasteiger partial charge in [0.25, 0.3) is 0 Å². The molecule has 0 bridgehead atoms. The van der Waals surface area contributed by atoms with Crippen LogP contribution < -0.4 is 11.1 Å². The molecule has 0 aromatic rings. The van der Waals surface area contributed by atoms with Gasteiger partial charge in [0.15, 0.2) is 0 Å². The molecular weight excluding hydrogens is 220 g/mol. The SMILES string of the molecule is CCOC(=O)CCCNC(=O)C(N)(CC)CC. The Morgan fingerprint density at radius 2 is 1.82 bits per heavy atom. The van der Waals surface area contributed by atoms with E-state index in [1.165, 1.54) is 0 Å². The molecule has 17 heavy (non-hydrogen) atoms. The van der Waals surface area contributed by atoms with Gasteiger partial charge in [0.2, 0.25) is 5.91 Å². The number of hydrogen-bond acceptors (Lipinski definition) is 4. The quantitative estimate of drug-likeness (QED) is 0.492. The minimum atomic E-state index is -0.788. The molecule has 0 heterocycles. The second kappa shape index (κ2) is 8.06. The molecule has 0 spiro atoms. The first-order valence-corrected chi connectivity index (χ1v) is 6.23. The van der Waals surface area contributed by atoms with Gasteiger partial charge in [-0.1, -0.05) is 13.8 Å². The van der Waals surface area contributed by atoms with Crippen LogP contribution in [0.2, 0.25) is 0 Å². The predicted octanol–water partition coefficient (Wildman–Crippen LogP) is 0.963. The maximum absolute atomic E-state index is 11.7. The van der Waals surface area contributed by atoms with Crippen LogP contribution in [0.15, 0.2) is 0 Å². The van der Waals surface area contributed by atoms with Gasteiger partial charge in [-0.2, -0.15) is 0 Å². The van der Waals surface area contributed by atoms with Crippen molar-refractivity contribution in [3.63, 3.8) is 0 Å². The minimum absolute atomic E-state index is 0.147. The van der Waals surface area contributed by atoms with Gasteiger partial charge in [0, 0.05) is 13.0 Å². The van der Waals surface area contributed by atoms with E-state index < -0.39 is 5.54 Å². The average Bonchev–Trinajstić information content (AvgIpc) is 2.33. The molecule has 5 nitrogen and oxygen atoms in total. The van der Waals surface area contributed by atoms with Crippen LogP contribution in [-0.2, 0) is 14.3 Å². The molecule has 0 fully saturated rings. The van der Waals surface area contributed by atoms with Crippen LogP contribution >= 0.6 is 0 Å². The fourth-order valence-corrected chi connectivity index (χ4v) is 1.41. The van der Waals surface area contributed by atoms with Gasteiger partial charge in [0.1, 0.15) is 0 Å². The number of carbonyl (C=O) groups is 2. The summed E-state index contributed by atoms with van der Waals surface area (Å²) in [6.07, 6.45) is 2.11. The Morgan fingerprint density at radius 3 is 2.29 bits per heavy atom. The van der Waals surface area contributed by atoms with E-state index >= 15 is 0 Å². The van der Waals surface area contributed by atoms with Crippen molar-refractivity contribution in [1.29, 1.82) is 0 Å². The number of amides is 1. The van der Waals surface area contributed by atoms with Crippen LogP contribution in [0, 0.1) is 0 Å². The zero-order valence-electron chi connectivity index (χ0n) is 11.0. The number of esters is 1. The molecule has 3 N–H and O–H groups in total. The lowest BCUT2D eigenvalue weighted by Gasteiger charge is -2.25. The van der Waals surface area contributed by atoms with Gasteiger partial charge in [0.05, 0.1) is 12.1 Å². The predicted molar refractivity (Wildman–Crippen MR) is 66.4 cm³/mol. The Bertz CT molecular complexity index is 250. The Hall–Kier alpha value is -1.10. The van der Waals surface area contributed by atoms with Crippen molar-refractivity contribution < 1.29 is 14.3 Å². The zero-order valence-corrected chi connectivity index (χ0v) is 11.0. The molecule has 0 atom stereocenters. The Kier molecular flexibility index (Phi) is 7.54. The summed E-state index contributed by atoms with van der Waals surface area (Å²) in [7, 11) is 0. The maximum Gasteiger partial charge on any atom is 0.305 e. The highest BCUT2D eigenvalue weighted by Gasteiger charge is 2.29. The number of ether oxygens (including phenoxy) is 1. The third-order valence-electron chi connectivity index (χ3n) is 2.86. The normalized spacial score (nSPS) is 11.1. The van der Waals surface area contributed by atoms with E-state index in [9.17, 15) is 9.59 Å². The van der Waals surface area contributed by atoms with Crippen LogP contribution in [0.25, 0.3) is 0 Å². The molecule has 100 valence electrons. The largest absolute Gasteiger partial charge is 0.466 e. The number of carbonyl (C=O) groups excluding carboxylic acids is 2. The summed E-state index contributed by atoms with van der Waals surface area (Å²) in [5, 5.41) is 2.75. The fraction of sp³-hybridized carbons (Fsp3) is 0.833. The highest BCUT2D eigenvalue weighted by Crippen LogP contribution is 2.10. The molecule has 0 aliphatic rings. The Balaban J connectivity index is 3.82. The van der Waals surface area contributed by atoms with Gasteiger partial charge in [-0.3, -0.25) is 9.59 Å². The molecule has 0 aromatic heterocycles. The van der Waals surface area contributed by atoms with E-state index in [0.717, 1.165) is 0 Å². The van der Waals surface area contributed by atoms with Crippen molar-refractivity contribution in [2.75, 3.05) is 13.2 Å². The average molecular weight is 244 g/mol. The lowest BCUT2D eigenvalue weighted by atomic mass is 9.93. The van der Waals surface area contributed by atoms with Crippen molar-refractivity contribution in [2.45, 2.75) is 52.0 Å². The summed E-state index contributed by atoms with van der Waals surface area (Å²) in [5.74, 6) is -0.377. The van der Waals surface area contributed by atoms with E-state index in [4.69, 9.17) is 10.5 Å². The van der Waals surface area contributed by atoms with E-state index in [1.807, 2.05) is 13.8 Å². The van der Waals surface area contributed by atoms with Gasteiger partial charge < -0.3 is 15.8 Å². The molecule has 0 saturated heterocycles. The van der Waals surface area contributed by atoms with E-state index in [0.29, 0.717) is 38.8 Å². The first kappa shape index (κ1) is 15.9. The molecule has 1 amide bonds. The van der Waals surface area contributed by atoms with E-state index in [-0.39, 0.29) is 11.9 Å². The summed E-state index contributed by atoms with van der Waals surface area (Å²) in [6.45, 7) is 6.40. The number of hydrogen-bond donors (Lipinski definition) is 2. The lowest BCUT2D eigenvalue weighted by molar-refractivity contribution is -0.143. The van der Waals surface area contributed by atoms with Crippen LogP contribution in [0.4, 0.5) is 0 Å². The first-order chi connectivity index (χ1) is 8.00. The number of nitrogens with one attached hydrogen (secondary N) is 1. The molecule has 0 aliphatic heterocycles. The smallest absolute Gasteiger partial charge is 0.305 e. The van der Waals surface area contributed by atoms with Crippen LogP contribution in [-0.4, -0.2) is 30.6 Å². The standard InChI is InChI=1S/C12H24N2O3/c1-4-12(13,5-2)11(16)14-9-7-8-10(15)17-6-3/h4-9,13H2,1-3H3,(H,14,16). The second-order valence-electron chi connectivity index (χ2n) is 4.03. The van der Waals surface area contributed by atoms with Crippen molar-refractivity contribution in [1.82, 2.24) is 5.32 Å². The van der Waals surface area contributed by atoms with Gasteiger partial charge in [-0.15, -0.1) is 0 Å². The summed E-state index contributed by atoms with van der Waals surface area (Å²) < 4.78 is 4.78. The van der Waals surface area contributed by atoms with Crippen LogP contribution in [0.5, 0.6) is 0 Å². The summed E-state index contributed by atoms with van der Waals surface area (Å²) in [4.78, 5) is 22.8. The monoisotopic (exact) mass is 244 g/mol. The van der Waals surface area contributed by atoms with Gasteiger partial charge >= 0.3 is 5.97 Å². The van der Waals surface area contributed by atoms with Gasteiger partial charge in [-0.25, -0.2) is 0 Å². The third-order valence-corrected chi connectivity index (χ3v) is 2.86. The van der Waals surface area contributed by atoms with Crippen molar-refractivity contribution in [2.24, 2.45) is 5.73 Å². The van der Waals surface area contributed by atoms with Crippen LogP contribution in [0.1, 0.15) is 46.5 Å². The summed E-state index contributed by atoms with van der Waals surface area (Å²) in [5.41, 5.74) is 5.14. The lowest BCUT2D eigenvalue weighted by Crippen LogP contribution is -2.53. The molecule has 0 aliphatic carbocycles. The van der Waals surface area contributed by atoms with Gasteiger partial charge in [-0.05, 0) is 26.2 Å². The zero-order chi connectivity index (χ0) is 13.3. The maximum atomic E-state index is 11.7.